The number of para-hydroxylation sites is 1. The maximum Gasteiger partial charge on any atom is 0.387 e. The number of hydrogen-bond donors (Lipinski definition) is 1. The molecule has 30 heavy (non-hydrogen) atoms. The Morgan fingerprint density at radius 1 is 1.13 bits per heavy atom. The van der Waals surface area contributed by atoms with E-state index in [4.69, 9.17) is 0 Å². The second kappa shape index (κ2) is 8.03. The van der Waals surface area contributed by atoms with Crippen molar-refractivity contribution in [3.8, 4) is 11.4 Å². The fourth-order valence-corrected chi connectivity index (χ4v) is 3.22. The van der Waals surface area contributed by atoms with Crippen LogP contribution in [-0.2, 0) is 6.54 Å². The van der Waals surface area contributed by atoms with Crippen LogP contribution in [0.25, 0.3) is 16.7 Å². The topological polar surface area (TPSA) is 82.2 Å². The number of fused-ring (bicyclic) bond motifs is 1. The average molecular weight is 412 g/mol. The first kappa shape index (κ1) is 19.7. The van der Waals surface area contributed by atoms with E-state index in [9.17, 15) is 18.7 Å². The van der Waals surface area contributed by atoms with Crippen molar-refractivity contribution in [2.75, 3.05) is 0 Å². The van der Waals surface area contributed by atoms with Crippen LogP contribution in [0, 0.1) is 6.92 Å². The lowest BCUT2D eigenvalue weighted by atomic mass is 10.1. The fraction of sp³-hybridized carbons (Fsp3) is 0.190. The van der Waals surface area contributed by atoms with Crippen molar-refractivity contribution < 1.29 is 18.6 Å². The number of halogens is 2. The van der Waals surface area contributed by atoms with Crippen LogP contribution in [0.5, 0.6) is 5.75 Å². The summed E-state index contributed by atoms with van der Waals surface area (Å²) < 4.78 is 31.7. The number of aliphatic hydroxyl groups is 1. The van der Waals surface area contributed by atoms with Crippen LogP contribution in [-0.4, -0.2) is 31.0 Å². The summed E-state index contributed by atoms with van der Waals surface area (Å²) in [6, 6.07) is 13.2. The Labute approximate surface area is 169 Å². The molecule has 0 aliphatic rings. The van der Waals surface area contributed by atoms with Gasteiger partial charge in [-0.3, -0.25) is 9.36 Å². The number of ether oxygens (including phenoxy) is 1. The normalized spacial score (nSPS) is 12.4. The van der Waals surface area contributed by atoms with E-state index < -0.39 is 12.7 Å². The summed E-state index contributed by atoms with van der Waals surface area (Å²) in [6.45, 7) is -1.03. The lowest BCUT2D eigenvalue weighted by molar-refractivity contribution is -0.0498. The Hall–Kier alpha value is -3.59. The van der Waals surface area contributed by atoms with Crippen molar-refractivity contribution in [3.05, 3.63) is 82.5 Å². The molecule has 4 rings (SSSR count). The summed E-state index contributed by atoms with van der Waals surface area (Å²) >= 11 is 0. The molecule has 0 spiro atoms. The van der Waals surface area contributed by atoms with E-state index in [1.165, 1.54) is 41.4 Å². The highest BCUT2D eigenvalue weighted by Gasteiger charge is 2.15. The molecule has 0 bridgehead atoms. The summed E-state index contributed by atoms with van der Waals surface area (Å²) in [5, 5.41) is 15.1. The van der Waals surface area contributed by atoms with E-state index in [0.717, 1.165) is 11.3 Å². The number of aliphatic hydroxyl groups excluding tert-OH is 1. The molecule has 1 atom stereocenters. The monoisotopic (exact) mass is 412 g/mol. The molecule has 0 aliphatic carbocycles. The molecule has 0 saturated carbocycles. The van der Waals surface area contributed by atoms with Crippen LogP contribution in [0.4, 0.5) is 8.78 Å². The van der Waals surface area contributed by atoms with Gasteiger partial charge in [-0.2, -0.15) is 13.9 Å². The highest BCUT2D eigenvalue weighted by molar-refractivity contribution is 5.75. The summed E-state index contributed by atoms with van der Waals surface area (Å²) in [5.74, 6) is -0.00942. The molecule has 7 nitrogen and oxygen atoms in total. The van der Waals surface area contributed by atoms with E-state index in [0.29, 0.717) is 16.6 Å². The SMILES string of the molecule is Cc1ccccc1-n1ncc2c(=O)n(CC(O)c3ccc(OC(F)F)cc3)cnc21. The maximum atomic E-state index is 12.9. The van der Waals surface area contributed by atoms with Crippen LogP contribution >= 0.6 is 0 Å². The minimum Gasteiger partial charge on any atom is -0.435 e. The standard InChI is InChI=1S/C21H18F2N4O3/c1-13-4-2-3-5-17(13)27-19-16(10-25-27)20(29)26(12-24-19)11-18(28)14-6-8-15(9-7-14)30-21(22)23/h2-10,12,18,21,28H,11H2,1H3. The van der Waals surface area contributed by atoms with Crippen molar-refractivity contribution in [2.24, 2.45) is 0 Å². The number of aryl methyl sites for hydroxylation is 1. The quantitative estimate of drug-likeness (QED) is 0.526. The van der Waals surface area contributed by atoms with Gasteiger partial charge in [-0.05, 0) is 36.2 Å². The average Bonchev–Trinajstić information content (AvgIpc) is 3.15. The Morgan fingerprint density at radius 3 is 2.57 bits per heavy atom. The lowest BCUT2D eigenvalue weighted by Crippen LogP contribution is -2.23. The number of alkyl halides is 2. The van der Waals surface area contributed by atoms with Gasteiger partial charge >= 0.3 is 6.61 Å². The Bertz CT molecular complexity index is 1240. The zero-order valence-corrected chi connectivity index (χ0v) is 15.9. The smallest absolute Gasteiger partial charge is 0.387 e. The molecule has 0 radical (unpaired) electrons. The molecule has 2 heterocycles. The van der Waals surface area contributed by atoms with Crippen molar-refractivity contribution in [1.29, 1.82) is 0 Å². The Morgan fingerprint density at radius 2 is 1.87 bits per heavy atom. The van der Waals surface area contributed by atoms with Crippen LogP contribution in [0.3, 0.4) is 0 Å². The number of rotatable bonds is 6. The molecule has 1 N–H and O–H groups in total. The largest absolute Gasteiger partial charge is 0.435 e. The van der Waals surface area contributed by atoms with E-state index in [1.807, 2.05) is 31.2 Å². The molecule has 1 unspecified atom stereocenters. The second-order valence-electron chi connectivity index (χ2n) is 6.75. The van der Waals surface area contributed by atoms with Gasteiger partial charge in [-0.25, -0.2) is 9.67 Å². The maximum absolute atomic E-state index is 12.9. The third-order valence-corrected chi connectivity index (χ3v) is 4.76. The molecule has 4 aromatic rings. The fourth-order valence-electron chi connectivity index (χ4n) is 3.22. The third-order valence-electron chi connectivity index (χ3n) is 4.76. The summed E-state index contributed by atoms with van der Waals surface area (Å²) in [4.78, 5) is 17.2. The van der Waals surface area contributed by atoms with Crippen molar-refractivity contribution >= 4 is 11.0 Å². The van der Waals surface area contributed by atoms with Gasteiger partial charge < -0.3 is 9.84 Å². The third kappa shape index (κ3) is 3.79. The van der Waals surface area contributed by atoms with E-state index in [1.54, 1.807) is 4.68 Å². The van der Waals surface area contributed by atoms with Crippen LogP contribution in [0.2, 0.25) is 0 Å². The first-order valence-corrected chi connectivity index (χ1v) is 9.16. The number of hydrogen-bond acceptors (Lipinski definition) is 5. The number of benzene rings is 2. The summed E-state index contributed by atoms with van der Waals surface area (Å²) in [5.41, 5.74) is 2.36. The molecule has 0 amide bonds. The van der Waals surface area contributed by atoms with Gasteiger partial charge in [0, 0.05) is 0 Å². The zero-order chi connectivity index (χ0) is 21.3. The zero-order valence-electron chi connectivity index (χ0n) is 15.9. The lowest BCUT2D eigenvalue weighted by Gasteiger charge is -2.14. The van der Waals surface area contributed by atoms with Crippen LogP contribution < -0.4 is 10.3 Å². The van der Waals surface area contributed by atoms with Crippen molar-refractivity contribution in [2.45, 2.75) is 26.2 Å². The van der Waals surface area contributed by atoms with Gasteiger partial charge in [0.2, 0.25) is 0 Å². The van der Waals surface area contributed by atoms with Crippen molar-refractivity contribution in [1.82, 2.24) is 19.3 Å². The molecular weight excluding hydrogens is 394 g/mol. The summed E-state index contributed by atoms with van der Waals surface area (Å²) in [7, 11) is 0. The molecule has 154 valence electrons. The highest BCUT2D eigenvalue weighted by atomic mass is 19.3. The van der Waals surface area contributed by atoms with Crippen molar-refractivity contribution in [3.63, 3.8) is 0 Å². The predicted octanol–water partition coefficient (Wildman–Crippen LogP) is 3.23. The number of nitrogens with zero attached hydrogens (tertiary/aromatic N) is 4. The molecule has 0 saturated heterocycles. The second-order valence-corrected chi connectivity index (χ2v) is 6.75. The minimum absolute atomic E-state index is 0.00942. The van der Waals surface area contributed by atoms with Gasteiger partial charge in [0.1, 0.15) is 17.5 Å². The highest BCUT2D eigenvalue weighted by Crippen LogP contribution is 2.21. The van der Waals surface area contributed by atoms with Gasteiger partial charge in [-0.15, -0.1) is 0 Å². The van der Waals surface area contributed by atoms with Gasteiger partial charge in [0.25, 0.3) is 5.56 Å². The molecule has 9 heteroatoms. The van der Waals surface area contributed by atoms with E-state index in [-0.39, 0.29) is 17.9 Å². The molecule has 0 aliphatic heterocycles. The molecular formula is C21H18F2N4O3. The van der Waals surface area contributed by atoms with Crippen LogP contribution in [0.15, 0.2) is 65.8 Å². The van der Waals surface area contributed by atoms with Gasteiger partial charge in [-0.1, -0.05) is 30.3 Å². The van der Waals surface area contributed by atoms with Gasteiger partial charge in [0.05, 0.1) is 24.5 Å². The van der Waals surface area contributed by atoms with E-state index >= 15 is 0 Å². The minimum atomic E-state index is -2.92. The predicted molar refractivity (Wildman–Crippen MR) is 106 cm³/mol. The summed E-state index contributed by atoms with van der Waals surface area (Å²) in [6.07, 6.45) is 1.78. The van der Waals surface area contributed by atoms with Gasteiger partial charge in [0.15, 0.2) is 5.65 Å². The Balaban J connectivity index is 1.60. The Kier molecular flexibility index (Phi) is 5.28. The molecule has 0 fully saturated rings. The first-order valence-electron chi connectivity index (χ1n) is 9.16. The molecule has 2 aromatic heterocycles. The van der Waals surface area contributed by atoms with Crippen LogP contribution in [0.1, 0.15) is 17.2 Å². The van der Waals surface area contributed by atoms with E-state index in [2.05, 4.69) is 14.8 Å². The number of aromatic nitrogens is 4. The molecule has 2 aromatic carbocycles. The first-order chi connectivity index (χ1) is 14.4.